The van der Waals surface area contributed by atoms with Gasteiger partial charge >= 0.3 is 0 Å². The second-order valence-corrected chi connectivity index (χ2v) is 6.25. The molecule has 1 rings (SSSR count). The van der Waals surface area contributed by atoms with Crippen LogP contribution in [0.15, 0.2) is 12.1 Å². The molecule has 0 aliphatic heterocycles. The first kappa shape index (κ1) is 16.1. The van der Waals surface area contributed by atoms with Crippen molar-refractivity contribution in [3.63, 3.8) is 0 Å². The van der Waals surface area contributed by atoms with Crippen LogP contribution in [0.4, 0.5) is 0 Å². The van der Waals surface area contributed by atoms with E-state index < -0.39 is 0 Å². The Morgan fingerprint density at radius 2 is 2.05 bits per heavy atom. The normalized spacial score (nSPS) is 10.7. The number of rotatable bonds is 8. The number of amides is 1. The molecule has 0 aliphatic rings. The molecule has 0 atom stereocenters. The van der Waals surface area contributed by atoms with Crippen molar-refractivity contribution in [1.29, 1.82) is 0 Å². The molecule has 1 aromatic heterocycles. The minimum Gasteiger partial charge on any atom is -0.356 e. The zero-order valence-corrected chi connectivity index (χ0v) is 12.8. The van der Waals surface area contributed by atoms with E-state index in [1.54, 1.807) is 12.1 Å². The van der Waals surface area contributed by atoms with Crippen LogP contribution in [-0.2, 0) is 4.79 Å². The highest BCUT2D eigenvalue weighted by Gasteiger charge is 2.11. The summed E-state index contributed by atoms with van der Waals surface area (Å²) in [6.07, 6.45) is 1.37. The summed E-state index contributed by atoms with van der Waals surface area (Å²) < 4.78 is 0.594. The summed E-state index contributed by atoms with van der Waals surface area (Å²) in [6, 6.07) is 3.39. The Morgan fingerprint density at radius 3 is 2.63 bits per heavy atom. The summed E-state index contributed by atoms with van der Waals surface area (Å²) in [5.41, 5.74) is 0. The van der Waals surface area contributed by atoms with E-state index >= 15 is 0 Å². The summed E-state index contributed by atoms with van der Waals surface area (Å²) in [4.78, 5) is 26.0. The summed E-state index contributed by atoms with van der Waals surface area (Å²) in [5.74, 6) is -0.102. The molecule has 0 bridgehead atoms. The lowest BCUT2D eigenvalue weighted by atomic mass is 10.2. The average Bonchev–Trinajstić information content (AvgIpc) is 2.78. The Balaban J connectivity index is 2.18. The highest BCUT2D eigenvalue weighted by molar-refractivity contribution is 7.18. The number of hydrogen-bond acceptors (Lipinski definition) is 4. The van der Waals surface area contributed by atoms with Crippen LogP contribution in [0.1, 0.15) is 28.9 Å². The number of carbonyl (C=O) groups is 2. The Bertz CT molecular complexity index is 432. The van der Waals surface area contributed by atoms with Crippen molar-refractivity contribution in [2.24, 2.45) is 0 Å². The molecule has 1 N–H and O–H groups in total. The molecule has 0 saturated heterocycles. The van der Waals surface area contributed by atoms with Crippen LogP contribution >= 0.6 is 22.9 Å². The van der Waals surface area contributed by atoms with E-state index in [0.29, 0.717) is 15.8 Å². The van der Waals surface area contributed by atoms with Crippen LogP contribution < -0.4 is 5.32 Å². The maximum atomic E-state index is 11.7. The van der Waals surface area contributed by atoms with Gasteiger partial charge in [0.25, 0.3) is 0 Å². The fourth-order valence-corrected chi connectivity index (χ4v) is 2.54. The standard InChI is InChI=1S/C13H19ClN2O2S/c1-16(2)9-3-8-15-13(18)7-4-10(17)11-5-6-12(14)19-11/h5-6H,3-4,7-9H2,1-2H3,(H,15,18). The number of halogens is 1. The SMILES string of the molecule is CN(C)CCCNC(=O)CCC(=O)c1ccc(Cl)s1. The van der Waals surface area contributed by atoms with Crippen molar-refractivity contribution in [2.45, 2.75) is 19.3 Å². The lowest BCUT2D eigenvalue weighted by molar-refractivity contribution is -0.121. The molecule has 6 heteroatoms. The van der Waals surface area contributed by atoms with Crippen LogP contribution in [0, 0.1) is 0 Å². The van der Waals surface area contributed by atoms with Gasteiger partial charge in [0.2, 0.25) is 5.91 Å². The van der Waals surface area contributed by atoms with Gasteiger partial charge < -0.3 is 10.2 Å². The number of thiophene rings is 1. The molecule has 19 heavy (non-hydrogen) atoms. The molecule has 0 fully saturated rings. The van der Waals surface area contributed by atoms with Gasteiger partial charge in [-0.25, -0.2) is 0 Å². The Kier molecular flexibility index (Phi) is 7.05. The number of nitrogens with zero attached hydrogens (tertiary/aromatic N) is 1. The largest absolute Gasteiger partial charge is 0.356 e. The third-order valence-corrected chi connectivity index (χ3v) is 3.80. The number of hydrogen-bond donors (Lipinski definition) is 1. The summed E-state index contributed by atoms with van der Waals surface area (Å²) in [7, 11) is 3.99. The van der Waals surface area contributed by atoms with Crippen molar-refractivity contribution in [3.05, 3.63) is 21.3 Å². The van der Waals surface area contributed by atoms with Crippen molar-refractivity contribution in [3.8, 4) is 0 Å². The van der Waals surface area contributed by atoms with Gasteiger partial charge in [0.1, 0.15) is 0 Å². The zero-order valence-electron chi connectivity index (χ0n) is 11.2. The highest BCUT2D eigenvalue weighted by Crippen LogP contribution is 2.22. The molecular formula is C13H19ClN2O2S. The number of Topliss-reactive ketones (excluding diaryl/α,β-unsaturated/α-hetero) is 1. The van der Waals surface area contributed by atoms with E-state index in [-0.39, 0.29) is 24.5 Å². The summed E-state index contributed by atoms with van der Waals surface area (Å²) >= 11 is 7.01. The molecule has 1 heterocycles. The molecule has 0 aromatic carbocycles. The van der Waals surface area contributed by atoms with Gasteiger partial charge in [-0.05, 0) is 39.2 Å². The van der Waals surface area contributed by atoms with Crippen LogP contribution in [0.2, 0.25) is 4.34 Å². The Morgan fingerprint density at radius 1 is 1.32 bits per heavy atom. The summed E-state index contributed by atoms with van der Waals surface area (Å²) in [6.45, 7) is 1.59. The van der Waals surface area contributed by atoms with Crippen LogP contribution in [0.5, 0.6) is 0 Å². The van der Waals surface area contributed by atoms with Crippen LogP contribution in [0.3, 0.4) is 0 Å². The fourth-order valence-electron chi connectivity index (χ4n) is 1.53. The molecule has 106 valence electrons. The maximum absolute atomic E-state index is 11.7. The second-order valence-electron chi connectivity index (χ2n) is 4.53. The van der Waals surface area contributed by atoms with E-state index in [1.165, 1.54) is 11.3 Å². The van der Waals surface area contributed by atoms with E-state index in [2.05, 4.69) is 10.2 Å². The first-order chi connectivity index (χ1) is 8.99. The molecule has 0 saturated carbocycles. The highest BCUT2D eigenvalue weighted by atomic mass is 35.5. The van der Waals surface area contributed by atoms with Crippen LogP contribution in [-0.4, -0.2) is 43.8 Å². The molecule has 0 unspecified atom stereocenters. The van der Waals surface area contributed by atoms with Gasteiger partial charge in [0, 0.05) is 19.4 Å². The molecular weight excluding hydrogens is 284 g/mol. The number of ketones is 1. The lowest BCUT2D eigenvalue weighted by Gasteiger charge is -2.09. The minimum atomic E-state index is -0.0743. The number of nitrogens with one attached hydrogen (secondary N) is 1. The molecule has 4 nitrogen and oxygen atoms in total. The lowest BCUT2D eigenvalue weighted by Crippen LogP contribution is -2.27. The van der Waals surface area contributed by atoms with E-state index in [0.717, 1.165) is 13.0 Å². The van der Waals surface area contributed by atoms with Gasteiger partial charge in [-0.3, -0.25) is 9.59 Å². The quantitative estimate of drug-likeness (QED) is 0.593. The average molecular weight is 303 g/mol. The first-order valence-corrected chi connectivity index (χ1v) is 7.38. The van der Waals surface area contributed by atoms with Crippen molar-refractivity contribution in [2.75, 3.05) is 27.2 Å². The molecule has 1 amide bonds. The minimum absolute atomic E-state index is 0.0275. The molecule has 0 aliphatic carbocycles. The van der Waals surface area contributed by atoms with Crippen molar-refractivity contribution >= 4 is 34.6 Å². The zero-order chi connectivity index (χ0) is 14.3. The monoisotopic (exact) mass is 302 g/mol. The topological polar surface area (TPSA) is 49.4 Å². The van der Waals surface area contributed by atoms with Gasteiger partial charge in [0.05, 0.1) is 9.21 Å². The second kappa shape index (κ2) is 8.30. The van der Waals surface area contributed by atoms with Gasteiger partial charge in [-0.15, -0.1) is 11.3 Å². The first-order valence-electron chi connectivity index (χ1n) is 6.19. The Hall–Kier alpha value is -0.910. The van der Waals surface area contributed by atoms with Gasteiger partial charge in [-0.2, -0.15) is 0 Å². The van der Waals surface area contributed by atoms with E-state index in [1.807, 2.05) is 14.1 Å². The van der Waals surface area contributed by atoms with E-state index in [9.17, 15) is 9.59 Å². The maximum Gasteiger partial charge on any atom is 0.220 e. The summed E-state index contributed by atoms with van der Waals surface area (Å²) in [5, 5.41) is 2.81. The van der Waals surface area contributed by atoms with Crippen LogP contribution in [0.25, 0.3) is 0 Å². The number of carbonyl (C=O) groups excluding carboxylic acids is 2. The predicted molar refractivity (Wildman–Crippen MR) is 79.1 cm³/mol. The Labute approximate surface area is 122 Å². The molecule has 0 spiro atoms. The van der Waals surface area contributed by atoms with Gasteiger partial charge in [0.15, 0.2) is 5.78 Å². The van der Waals surface area contributed by atoms with Gasteiger partial charge in [-0.1, -0.05) is 11.6 Å². The third kappa shape index (κ3) is 6.71. The van der Waals surface area contributed by atoms with E-state index in [4.69, 9.17) is 11.6 Å². The molecule has 0 radical (unpaired) electrons. The predicted octanol–water partition coefficient (Wildman–Crippen LogP) is 2.43. The molecule has 1 aromatic rings. The van der Waals surface area contributed by atoms with Crippen molar-refractivity contribution in [1.82, 2.24) is 10.2 Å². The third-order valence-electron chi connectivity index (χ3n) is 2.53. The smallest absolute Gasteiger partial charge is 0.220 e. The fraction of sp³-hybridized carbons (Fsp3) is 0.538. The van der Waals surface area contributed by atoms with Crippen molar-refractivity contribution < 1.29 is 9.59 Å².